The molecule has 1 aromatic rings. The van der Waals surface area contributed by atoms with Crippen LogP contribution in [0.15, 0.2) is 18.2 Å². The number of carbonyl (C=O) groups excluding carboxylic acids is 1. The number of benzene rings is 1. The van der Waals surface area contributed by atoms with Gasteiger partial charge < -0.3 is 15.7 Å². The Bertz CT molecular complexity index is 500. The standard InChI is InChI=1S/C10H11N3O5/c1-11-9(14)5-12-6-2-3-7(10(15)16)8(4-6)13(17)18/h2-4,12H,5H2,1H3,(H,11,14)(H,15,16). The van der Waals surface area contributed by atoms with Gasteiger partial charge in [0.2, 0.25) is 5.91 Å². The van der Waals surface area contributed by atoms with Crippen LogP contribution in [0.4, 0.5) is 11.4 Å². The molecule has 0 saturated carbocycles. The number of nitrogens with one attached hydrogen (secondary N) is 2. The van der Waals surface area contributed by atoms with Crippen LogP contribution in [0.5, 0.6) is 0 Å². The fourth-order valence-electron chi connectivity index (χ4n) is 1.24. The average Bonchev–Trinajstić information content (AvgIpc) is 2.35. The van der Waals surface area contributed by atoms with Crippen molar-refractivity contribution >= 4 is 23.3 Å². The van der Waals surface area contributed by atoms with Crippen molar-refractivity contribution in [3.8, 4) is 0 Å². The van der Waals surface area contributed by atoms with Gasteiger partial charge in [-0.2, -0.15) is 0 Å². The summed E-state index contributed by atoms with van der Waals surface area (Å²) in [6.45, 7) is -0.0555. The number of aromatic carboxylic acids is 1. The molecule has 0 heterocycles. The summed E-state index contributed by atoms with van der Waals surface area (Å²) in [5.41, 5.74) is -0.620. The molecule has 0 saturated heterocycles. The number of rotatable bonds is 5. The highest BCUT2D eigenvalue weighted by Gasteiger charge is 2.20. The molecule has 0 atom stereocenters. The fourth-order valence-corrected chi connectivity index (χ4v) is 1.24. The van der Waals surface area contributed by atoms with E-state index < -0.39 is 22.1 Å². The lowest BCUT2D eigenvalue weighted by atomic mass is 10.1. The van der Waals surface area contributed by atoms with Gasteiger partial charge in [0, 0.05) is 18.8 Å². The number of carboxylic acid groups (broad SMARTS) is 1. The minimum Gasteiger partial charge on any atom is -0.477 e. The van der Waals surface area contributed by atoms with Crippen molar-refractivity contribution in [2.45, 2.75) is 0 Å². The molecule has 1 rings (SSSR count). The van der Waals surface area contributed by atoms with E-state index in [0.29, 0.717) is 5.69 Å². The van der Waals surface area contributed by atoms with Crippen molar-refractivity contribution in [1.82, 2.24) is 5.32 Å². The lowest BCUT2D eigenvalue weighted by Crippen LogP contribution is -2.26. The molecule has 0 bridgehead atoms. The molecule has 0 aliphatic heterocycles. The molecule has 96 valence electrons. The van der Waals surface area contributed by atoms with Gasteiger partial charge in [-0.25, -0.2) is 4.79 Å². The van der Waals surface area contributed by atoms with Gasteiger partial charge in [-0.05, 0) is 12.1 Å². The third-order valence-electron chi connectivity index (χ3n) is 2.16. The first-order valence-electron chi connectivity index (χ1n) is 4.92. The van der Waals surface area contributed by atoms with Gasteiger partial charge >= 0.3 is 5.97 Å². The van der Waals surface area contributed by atoms with Gasteiger partial charge in [-0.1, -0.05) is 0 Å². The number of hydrogen-bond donors (Lipinski definition) is 3. The van der Waals surface area contributed by atoms with E-state index in [-0.39, 0.29) is 12.5 Å². The molecule has 3 N–H and O–H groups in total. The number of anilines is 1. The van der Waals surface area contributed by atoms with Crippen molar-refractivity contribution in [1.29, 1.82) is 0 Å². The summed E-state index contributed by atoms with van der Waals surface area (Å²) in [5.74, 6) is -1.67. The predicted octanol–water partition coefficient (Wildman–Crippen LogP) is 0.451. The van der Waals surface area contributed by atoms with Crippen molar-refractivity contribution < 1.29 is 19.6 Å². The monoisotopic (exact) mass is 253 g/mol. The third kappa shape index (κ3) is 3.17. The molecular weight excluding hydrogens is 242 g/mol. The maximum absolute atomic E-state index is 11.0. The Morgan fingerprint density at radius 3 is 2.61 bits per heavy atom. The van der Waals surface area contributed by atoms with Gasteiger partial charge in [-0.15, -0.1) is 0 Å². The van der Waals surface area contributed by atoms with Crippen LogP contribution in [0.1, 0.15) is 10.4 Å². The zero-order valence-electron chi connectivity index (χ0n) is 9.47. The number of likely N-dealkylation sites (N-methyl/N-ethyl adjacent to an activating group) is 1. The lowest BCUT2D eigenvalue weighted by molar-refractivity contribution is -0.385. The van der Waals surface area contributed by atoms with E-state index in [2.05, 4.69) is 10.6 Å². The normalized spacial score (nSPS) is 9.61. The van der Waals surface area contributed by atoms with Crippen molar-refractivity contribution in [2.24, 2.45) is 0 Å². The van der Waals surface area contributed by atoms with E-state index in [1.807, 2.05) is 0 Å². The Morgan fingerprint density at radius 1 is 1.44 bits per heavy atom. The van der Waals surface area contributed by atoms with Crippen LogP contribution < -0.4 is 10.6 Å². The van der Waals surface area contributed by atoms with Crippen molar-refractivity contribution in [2.75, 3.05) is 18.9 Å². The molecule has 0 aliphatic carbocycles. The van der Waals surface area contributed by atoms with Crippen molar-refractivity contribution in [3.05, 3.63) is 33.9 Å². The highest BCUT2D eigenvalue weighted by molar-refractivity contribution is 5.93. The zero-order chi connectivity index (χ0) is 13.7. The Balaban J connectivity index is 2.97. The Morgan fingerprint density at radius 2 is 2.11 bits per heavy atom. The van der Waals surface area contributed by atoms with E-state index in [1.54, 1.807) is 0 Å². The van der Waals surface area contributed by atoms with Crippen LogP contribution in [0.3, 0.4) is 0 Å². The van der Waals surface area contributed by atoms with E-state index >= 15 is 0 Å². The molecule has 0 aromatic heterocycles. The van der Waals surface area contributed by atoms with Crippen LogP contribution in [0.2, 0.25) is 0 Å². The summed E-state index contributed by atoms with van der Waals surface area (Å²) in [6, 6.07) is 3.55. The maximum Gasteiger partial charge on any atom is 0.342 e. The summed E-state index contributed by atoms with van der Waals surface area (Å²) in [5, 5.41) is 24.5. The molecule has 18 heavy (non-hydrogen) atoms. The number of nitro groups is 1. The fraction of sp³-hybridized carbons (Fsp3) is 0.200. The first-order chi connectivity index (χ1) is 8.45. The maximum atomic E-state index is 11.0. The highest BCUT2D eigenvalue weighted by Crippen LogP contribution is 2.23. The summed E-state index contributed by atoms with van der Waals surface area (Å²) in [6.07, 6.45) is 0. The molecule has 1 aromatic carbocycles. The summed E-state index contributed by atoms with van der Waals surface area (Å²) in [7, 11) is 1.46. The summed E-state index contributed by atoms with van der Waals surface area (Å²) < 4.78 is 0. The number of carbonyl (C=O) groups is 2. The average molecular weight is 253 g/mol. The first-order valence-corrected chi connectivity index (χ1v) is 4.92. The minimum absolute atomic E-state index is 0.0555. The molecule has 0 aliphatic rings. The highest BCUT2D eigenvalue weighted by atomic mass is 16.6. The van der Waals surface area contributed by atoms with Crippen LogP contribution >= 0.6 is 0 Å². The molecule has 8 nitrogen and oxygen atoms in total. The van der Waals surface area contributed by atoms with Crippen molar-refractivity contribution in [3.63, 3.8) is 0 Å². The number of carboxylic acids is 1. The molecule has 0 fully saturated rings. The lowest BCUT2D eigenvalue weighted by Gasteiger charge is -2.06. The van der Waals surface area contributed by atoms with Crippen LogP contribution in [-0.2, 0) is 4.79 Å². The largest absolute Gasteiger partial charge is 0.477 e. The first kappa shape index (κ1) is 13.4. The van der Waals surface area contributed by atoms with E-state index in [9.17, 15) is 19.7 Å². The number of nitrogens with zero attached hydrogens (tertiary/aromatic N) is 1. The topological polar surface area (TPSA) is 122 Å². The zero-order valence-corrected chi connectivity index (χ0v) is 9.47. The Kier molecular flexibility index (Phi) is 4.19. The van der Waals surface area contributed by atoms with Gasteiger partial charge in [0.1, 0.15) is 5.56 Å². The van der Waals surface area contributed by atoms with Crippen LogP contribution in [0, 0.1) is 10.1 Å². The summed E-state index contributed by atoms with van der Waals surface area (Å²) in [4.78, 5) is 31.7. The molecule has 8 heteroatoms. The molecule has 0 unspecified atom stereocenters. The number of hydrogen-bond acceptors (Lipinski definition) is 5. The SMILES string of the molecule is CNC(=O)CNc1ccc(C(=O)O)c([N+](=O)[O-])c1. The Hall–Kier alpha value is -2.64. The second-order valence-corrected chi connectivity index (χ2v) is 3.32. The van der Waals surface area contributed by atoms with Gasteiger partial charge in [0.05, 0.1) is 11.5 Å². The van der Waals surface area contributed by atoms with Crippen LogP contribution in [-0.4, -0.2) is 35.5 Å². The Labute approximate surface area is 102 Å². The third-order valence-corrected chi connectivity index (χ3v) is 2.16. The quantitative estimate of drug-likeness (QED) is 0.517. The predicted molar refractivity (Wildman–Crippen MR) is 62.6 cm³/mol. The molecule has 1 amide bonds. The van der Waals surface area contributed by atoms with Crippen LogP contribution in [0.25, 0.3) is 0 Å². The minimum atomic E-state index is -1.38. The van der Waals surface area contributed by atoms with E-state index in [1.165, 1.54) is 13.1 Å². The summed E-state index contributed by atoms with van der Waals surface area (Å²) >= 11 is 0. The molecule has 0 spiro atoms. The smallest absolute Gasteiger partial charge is 0.342 e. The number of nitro benzene ring substituents is 1. The molecule has 0 radical (unpaired) electrons. The van der Waals surface area contributed by atoms with Gasteiger partial charge in [0.15, 0.2) is 0 Å². The van der Waals surface area contributed by atoms with E-state index in [0.717, 1.165) is 12.1 Å². The van der Waals surface area contributed by atoms with E-state index in [4.69, 9.17) is 5.11 Å². The second-order valence-electron chi connectivity index (χ2n) is 3.32. The van der Waals surface area contributed by atoms with Gasteiger partial charge in [0.25, 0.3) is 5.69 Å². The van der Waals surface area contributed by atoms with Gasteiger partial charge in [-0.3, -0.25) is 14.9 Å². The second kappa shape index (κ2) is 5.62. The molecular formula is C10H11N3O5. The number of amides is 1.